The molecule has 0 saturated carbocycles. The molecule has 0 aliphatic carbocycles. The molecule has 4 aromatic rings. The van der Waals surface area contributed by atoms with Gasteiger partial charge in [-0.3, -0.25) is 14.9 Å². The summed E-state index contributed by atoms with van der Waals surface area (Å²) in [5.74, 6) is -0.404. The largest absolute Gasteiger partial charge is 0.497 e. The van der Waals surface area contributed by atoms with Crippen molar-refractivity contribution in [3.8, 4) is 22.7 Å². The van der Waals surface area contributed by atoms with E-state index in [9.17, 15) is 9.59 Å². The summed E-state index contributed by atoms with van der Waals surface area (Å²) >= 11 is 1.36. The van der Waals surface area contributed by atoms with E-state index in [1.807, 2.05) is 37.3 Å². The number of para-hydroxylation sites is 1. The highest BCUT2D eigenvalue weighted by Crippen LogP contribution is 2.31. The van der Waals surface area contributed by atoms with Crippen molar-refractivity contribution in [3.05, 3.63) is 76.9 Å². The summed E-state index contributed by atoms with van der Waals surface area (Å²) in [6.07, 6.45) is 0. The first kappa shape index (κ1) is 20.3. The number of benzene rings is 2. The lowest BCUT2D eigenvalue weighted by molar-refractivity contribution is 0.0991. The van der Waals surface area contributed by atoms with Gasteiger partial charge < -0.3 is 10.5 Å². The molecule has 0 saturated heterocycles. The lowest BCUT2D eigenvalue weighted by Crippen LogP contribution is -2.16. The van der Waals surface area contributed by atoms with E-state index in [-0.39, 0.29) is 11.4 Å². The number of ether oxygens (including phenoxy) is 1. The first-order valence-electron chi connectivity index (χ1n) is 9.34. The van der Waals surface area contributed by atoms with Crippen LogP contribution in [-0.2, 0) is 0 Å². The molecule has 156 valence electrons. The fourth-order valence-corrected chi connectivity index (χ4v) is 3.89. The average molecular weight is 433 g/mol. The lowest BCUT2D eigenvalue weighted by Gasteiger charge is -2.03. The molecule has 8 nitrogen and oxygen atoms in total. The number of methoxy groups -OCH3 is 1. The zero-order valence-electron chi connectivity index (χ0n) is 16.8. The molecule has 4 rings (SSSR count). The average Bonchev–Trinajstić information content (AvgIpc) is 3.38. The number of hydrogen-bond donors (Lipinski definition) is 2. The van der Waals surface area contributed by atoms with Crippen molar-refractivity contribution in [1.82, 2.24) is 14.8 Å². The van der Waals surface area contributed by atoms with Gasteiger partial charge in [0.05, 0.1) is 18.5 Å². The van der Waals surface area contributed by atoms with Crippen molar-refractivity contribution in [2.45, 2.75) is 6.92 Å². The first-order valence-corrected chi connectivity index (χ1v) is 10.2. The van der Waals surface area contributed by atoms with Crippen molar-refractivity contribution in [2.24, 2.45) is 5.73 Å². The van der Waals surface area contributed by atoms with Crippen LogP contribution in [0.1, 0.15) is 25.9 Å². The summed E-state index contributed by atoms with van der Waals surface area (Å²) in [7, 11) is 1.61. The Hall–Kier alpha value is -3.98. The number of carbonyl (C=O) groups is 2. The van der Waals surface area contributed by atoms with E-state index in [1.54, 1.807) is 31.4 Å². The van der Waals surface area contributed by atoms with Gasteiger partial charge in [-0.05, 0) is 43.3 Å². The van der Waals surface area contributed by atoms with Gasteiger partial charge in [-0.1, -0.05) is 18.2 Å². The van der Waals surface area contributed by atoms with E-state index in [0.717, 1.165) is 21.9 Å². The molecule has 2 aromatic carbocycles. The molecule has 0 fully saturated rings. The van der Waals surface area contributed by atoms with Gasteiger partial charge in [-0.15, -0.1) is 11.3 Å². The van der Waals surface area contributed by atoms with Crippen LogP contribution in [0.2, 0.25) is 0 Å². The van der Waals surface area contributed by atoms with E-state index in [0.29, 0.717) is 10.8 Å². The van der Waals surface area contributed by atoms with E-state index < -0.39 is 11.8 Å². The van der Waals surface area contributed by atoms with Crippen LogP contribution in [0, 0.1) is 6.92 Å². The quantitative estimate of drug-likeness (QED) is 0.482. The number of aromatic nitrogens is 3. The second-order valence-electron chi connectivity index (χ2n) is 6.63. The van der Waals surface area contributed by atoms with Crippen molar-refractivity contribution in [2.75, 3.05) is 12.4 Å². The van der Waals surface area contributed by atoms with Crippen LogP contribution < -0.4 is 15.8 Å². The number of rotatable bonds is 6. The predicted octanol–water partition coefficient (Wildman–Crippen LogP) is 3.66. The fraction of sp³-hybridized carbons (Fsp3) is 0.0909. The number of nitrogens with zero attached hydrogens (tertiary/aromatic N) is 3. The van der Waals surface area contributed by atoms with E-state index in [1.165, 1.54) is 22.1 Å². The molecule has 31 heavy (non-hydrogen) atoms. The molecule has 9 heteroatoms. The van der Waals surface area contributed by atoms with Gasteiger partial charge in [0.25, 0.3) is 11.8 Å². The number of nitrogens with two attached hydrogens (primary N) is 1. The molecule has 0 spiro atoms. The second kappa shape index (κ2) is 8.41. The number of nitrogens with one attached hydrogen (secondary N) is 1. The number of anilines is 1. The van der Waals surface area contributed by atoms with Crippen molar-refractivity contribution in [1.29, 1.82) is 0 Å². The highest BCUT2D eigenvalue weighted by atomic mass is 32.1. The minimum atomic E-state index is -0.678. The number of thiazole rings is 1. The number of hydrogen-bond acceptors (Lipinski definition) is 6. The van der Waals surface area contributed by atoms with Gasteiger partial charge in [0.15, 0.2) is 10.8 Å². The monoisotopic (exact) mass is 433 g/mol. The molecule has 0 bridgehead atoms. The van der Waals surface area contributed by atoms with E-state index >= 15 is 0 Å². The lowest BCUT2D eigenvalue weighted by atomic mass is 10.1. The number of primary amides is 1. The van der Waals surface area contributed by atoms with Gasteiger partial charge in [0, 0.05) is 16.5 Å². The minimum absolute atomic E-state index is 0.0662. The Labute approximate surface area is 182 Å². The summed E-state index contributed by atoms with van der Waals surface area (Å²) in [5.41, 5.74) is 7.97. The first-order chi connectivity index (χ1) is 15.0. The Morgan fingerprint density at radius 3 is 2.45 bits per heavy atom. The molecule has 2 aromatic heterocycles. The van der Waals surface area contributed by atoms with Crippen LogP contribution in [-0.4, -0.2) is 33.7 Å². The maximum atomic E-state index is 12.8. The number of amides is 2. The van der Waals surface area contributed by atoms with Gasteiger partial charge >= 0.3 is 0 Å². The highest BCUT2D eigenvalue weighted by Gasteiger charge is 2.20. The molecule has 0 aliphatic heterocycles. The fourth-order valence-electron chi connectivity index (χ4n) is 3.06. The Bertz CT molecular complexity index is 1250. The molecule has 0 radical (unpaired) electrons. The smallest absolute Gasteiger partial charge is 0.277 e. The van der Waals surface area contributed by atoms with E-state index in [4.69, 9.17) is 10.5 Å². The van der Waals surface area contributed by atoms with Crippen molar-refractivity contribution in [3.63, 3.8) is 0 Å². The van der Waals surface area contributed by atoms with Crippen LogP contribution in [0.25, 0.3) is 16.9 Å². The third-order valence-electron chi connectivity index (χ3n) is 4.58. The van der Waals surface area contributed by atoms with Crippen molar-refractivity contribution >= 4 is 28.3 Å². The number of carbonyl (C=O) groups excluding carboxylic acids is 2. The normalized spacial score (nSPS) is 10.6. The molecule has 0 aliphatic rings. The Balaban J connectivity index is 1.59. The highest BCUT2D eigenvalue weighted by molar-refractivity contribution is 7.16. The summed E-state index contributed by atoms with van der Waals surface area (Å²) in [6.45, 7) is 1.93. The van der Waals surface area contributed by atoms with Crippen LogP contribution in [0.3, 0.4) is 0 Å². The van der Waals surface area contributed by atoms with Gasteiger partial charge in [0.2, 0.25) is 0 Å². The molecular formula is C22H19N5O3S. The summed E-state index contributed by atoms with van der Waals surface area (Å²) in [5, 5.41) is 7.46. The van der Waals surface area contributed by atoms with Crippen LogP contribution >= 0.6 is 11.3 Å². The third-order valence-corrected chi connectivity index (χ3v) is 5.46. The molecule has 3 N–H and O–H groups in total. The zero-order chi connectivity index (χ0) is 22.0. The summed E-state index contributed by atoms with van der Waals surface area (Å²) < 4.78 is 6.54. The van der Waals surface area contributed by atoms with Gasteiger partial charge in [-0.2, -0.15) is 5.10 Å². The SMILES string of the molecule is COc1ccc(-c2nc(NC(=O)c3cc(C(N)=O)n(-c4ccccc4)n3)sc2C)cc1. The molecule has 2 heterocycles. The Morgan fingerprint density at radius 2 is 1.81 bits per heavy atom. The maximum absolute atomic E-state index is 12.8. The third kappa shape index (κ3) is 4.17. The standard InChI is InChI=1S/C22H19N5O3S/c1-13-19(14-8-10-16(30-2)11-9-14)24-22(31-13)25-21(29)17-12-18(20(23)28)27(26-17)15-6-4-3-5-7-15/h3-12H,1-2H3,(H2,23,28)(H,24,25,29). The Morgan fingerprint density at radius 1 is 1.10 bits per heavy atom. The predicted molar refractivity (Wildman–Crippen MR) is 119 cm³/mol. The van der Waals surface area contributed by atoms with Crippen molar-refractivity contribution < 1.29 is 14.3 Å². The Kier molecular flexibility index (Phi) is 5.50. The zero-order valence-corrected chi connectivity index (χ0v) is 17.6. The maximum Gasteiger partial charge on any atom is 0.277 e. The molecule has 2 amide bonds. The molecular weight excluding hydrogens is 414 g/mol. The minimum Gasteiger partial charge on any atom is -0.497 e. The van der Waals surface area contributed by atoms with Crippen LogP contribution in [0.15, 0.2) is 60.7 Å². The topological polar surface area (TPSA) is 112 Å². The second-order valence-corrected chi connectivity index (χ2v) is 7.84. The van der Waals surface area contributed by atoms with Gasteiger partial charge in [0.1, 0.15) is 11.4 Å². The molecule has 0 atom stereocenters. The van der Waals surface area contributed by atoms with Crippen LogP contribution in [0.5, 0.6) is 5.75 Å². The number of aryl methyl sites for hydroxylation is 1. The summed E-state index contributed by atoms with van der Waals surface area (Å²) in [6, 6.07) is 17.9. The summed E-state index contributed by atoms with van der Waals surface area (Å²) in [4.78, 5) is 30.1. The van der Waals surface area contributed by atoms with E-state index in [2.05, 4.69) is 15.4 Å². The van der Waals surface area contributed by atoms with Gasteiger partial charge in [-0.25, -0.2) is 9.67 Å². The van der Waals surface area contributed by atoms with Crippen LogP contribution in [0.4, 0.5) is 5.13 Å². The molecule has 0 unspecified atom stereocenters.